The molecule has 0 fully saturated rings. The Balaban J connectivity index is 2.89. The highest BCUT2D eigenvalue weighted by Gasteiger charge is 2.06. The van der Waals surface area contributed by atoms with Crippen molar-refractivity contribution < 1.29 is 9.53 Å². The molecule has 0 amide bonds. The van der Waals surface area contributed by atoms with Gasteiger partial charge in [0, 0.05) is 6.42 Å². The fraction of sp³-hybridized carbons (Fsp3) is 0.222. The molecule has 4 heteroatoms. The van der Waals surface area contributed by atoms with Crippen LogP contribution < -0.4 is 16.2 Å². The lowest BCUT2D eigenvalue weighted by molar-refractivity contribution is -0.133. The summed E-state index contributed by atoms with van der Waals surface area (Å²) in [4.78, 5) is 10.9. The van der Waals surface area contributed by atoms with Gasteiger partial charge in [-0.15, -0.1) is 0 Å². The van der Waals surface area contributed by atoms with E-state index in [1.807, 2.05) is 0 Å². The lowest BCUT2D eigenvalue weighted by atomic mass is 10.2. The van der Waals surface area contributed by atoms with Crippen LogP contribution in [0.15, 0.2) is 18.2 Å². The average molecular weight is 180 g/mol. The molecule has 0 aliphatic rings. The molecule has 0 aliphatic carbocycles. The first-order valence-corrected chi connectivity index (χ1v) is 3.99. The van der Waals surface area contributed by atoms with Gasteiger partial charge in [0.05, 0.1) is 11.4 Å². The molecule has 0 atom stereocenters. The van der Waals surface area contributed by atoms with Crippen molar-refractivity contribution in [3.05, 3.63) is 18.2 Å². The monoisotopic (exact) mass is 180 g/mol. The first-order chi connectivity index (χ1) is 6.15. The van der Waals surface area contributed by atoms with Crippen molar-refractivity contribution in [2.75, 3.05) is 11.5 Å². The van der Waals surface area contributed by atoms with E-state index in [2.05, 4.69) is 0 Å². The second-order valence-electron chi connectivity index (χ2n) is 2.59. The minimum Gasteiger partial charge on any atom is -0.424 e. The van der Waals surface area contributed by atoms with Gasteiger partial charge in [0.1, 0.15) is 0 Å². The second kappa shape index (κ2) is 3.80. The highest BCUT2D eigenvalue weighted by molar-refractivity contribution is 5.78. The smallest absolute Gasteiger partial charge is 0.310 e. The summed E-state index contributed by atoms with van der Waals surface area (Å²) in [6, 6.07) is 4.95. The number of benzene rings is 1. The Morgan fingerprint density at radius 2 is 2.15 bits per heavy atom. The number of carbonyl (C=O) groups is 1. The molecule has 0 unspecified atom stereocenters. The normalized spacial score (nSPS) is 9.62. The van der Waals surface area contributed by atoms with Gasteiger partial charge in [0.2, 0.25) is 0 Å². The minimum absolute atomic E-state index is 0.310. The summed E-state index contributed by atoms with van der Waals surface area (Å²) >= 11 is 0. The summed E-state index contributed by atoms with van der Waals surface area (Å²) < 4.78 is 4.93. The third-order valence-corrected chi connectivity index (χ3v) is 1.61. The van der Waals surface area contributed by atoms with Gasteiger partial charge in [0.25, 0.3) is 0 Å². The molecule has 0 aliphatic heterocycles. The SMILES string of the molecule is CCC(=O)Oc1cccc(N)c1N. The van der Waals surface area contributed by atoms with Gasteiger partial charge in [0.15, 0.2) is 5.75 Å². The zero-order valence-corrected chi connectivity index (χ0v) is 7.41. The predicted octanol–water partition coefficient (Wildman–Crippen LogP) is 1.17. The number of anilines is 2. The lowest BCUT2D eigenvalue weighted by Crippen LogP contribution is -2.08. The van der Waals surface area contributed by atoms with Crippen molar-refractivity contribution in [2.24, 2.45) is 0 Å². The molecule has 4 nitrogen and oxygen atoms in total. The maximum absolute atomic E-state index is 10.9. The van der Waals surface area contributed by atoms with Gasteiger partial charge >= 0.3 is 5.97 Å². The molecule has 0 bridgehead atoms. The van der Waals surface area contributed by atoms with E-state index >= 15 is 0 Å². The van der Waals surface area contributed by atoms with Gasteiger partial charge in [-0.05, 0) is 12.1 Å². The number of hydrogen-bond acceptors (Lipinski definition) is 4. The predicted molar refractivity (Wildman–Crippen MR) is 51.2 cm³/mol. The summed E-state index contributed by atoms with van der Waals surface area (Å²) in [5.41, 5.74) is 11.8. The lowest BCUT2D eigenvalue weighted by Gasteiger charge is -2.07. The Morgan fingerprint density at radius 3 is 2.77 bits per heavy atom. The molecule has 1 rings (SSSR count). The average Bonchev–Trinajstić information content (AvgIpc) is 2.13. The Hall–Kier alpha value is -1.71. The first-order valence-electron chi connectivity index (χ1n) is 3.99. The summed E-state index contributed by atoms with van der Waals surface area (Å²) in [7, 11) is 0. The van der Waals surface area contributed by atoms with Gasteiger partial charge in [-0.2, -0.15) is 0 Å². The summed E-state index contributed by atoms with van der Waals surface area (Å²) in [5.74, 6) is 0.00384. The van der Waals surface area contributed by atoms with Crippen LogP contribution in [0, 0.1) is 0 Å². The molecule has 0 radical (unpaired) electrons. The van der Waals surface area contributed by atoms with Gasteiger partial charge in [-0.25, -0.2) is 0 Å². The standard InChI is InChI=1S/C9H12N2O2/c1-2-8(12)13-7-5-3-4-6(10)9(7)11/h3-5H,2,10-11H2,1H3. The van der Waals surface area contributed by atoms with E-state index in [0.29, 0.717) is 23.5 Å². The quantitative estimate of drug-likeness (QED) is 0.406. The number of nitrogen functional groups attached to an aromatic ring is 2. The van der Waals surface area contributed by atoms with Crippen LogP contribution in [0.5, 0.6) is 5.75 Å². The van der Waals surface area contributed by atoms with Crippen molar-refractivity contribution in [2.45, 2.75) is 13.3 Å². The van der Waals surface area contributed by atoms with Crippen molar-refractivity contribution in [3.8, 4) is 5.75 Å². The highest BCUT2D eigenvalue weighted by Crippen LogP contribution is 2.26. The van der Waals surface area contributed by atoms with Crippen LogP contribution in [0.1, 0.15) is 13.3 Å². The van der Waals surface area contributed by atoms with Gasteiger partial charge < -0.3 is 16.2 Å². The maximum atomic E-state index is 10.9. The third-order valence-electron chi connectivity index (χ3n) is 1.61. The third kappa shape index (κ3) is 2.11. The van der Waals surface area contributed by atoms with E-state index in [-0.39, 0.29) is 5.97 Å². The Kier molecular flexibility index (Phi) is 2.74. The second-order valence-corrected chi connectivity index (χ2v) is 2.59. The van der Waals surface area contributed by atoms with Crippen LogP contribution in [0.3, 0.4) is 0 Å². The highest BCUT2D eigenvalue weighted by atomic mass is 16.5. The molecule has 70 valence electrons. The van der Waals surface area contributed by atoms with Crippen LogP contribution in [0.25, 0.3) is 0 Å². The van der Waals surface area contributed by atoms with Crippen molar-refractivity contribution >= 4 is 17.3 Å². The van der Waals surface area contributed by atoms with Crippen molar-refractivity contribution in [1.29, 1.82) is 0 Å². The molecule has 0 aromatic heterocycles. The van der Waals surface area contributed by atoms with Crippen LogP contribution in [0.4, 0.5) is 11.4 Å². The molecule has 13 heavy (non-hydrogen) atoms. The fourth-order valence-electron chi connectivity index (χ4n) is 0.845. The Morgan fingerprint density at radius 1 is 1.46 bits per heavy atom. The molecule has 1 aromatic rings. The number of nitrogens with two attached hydrogens (primary N) is 2. The zero-order chi connectivity index (χ0) is 9.84. The fourth-order valence-corrected chi connectivity index (χ4v) is 0.845. The number of para-hydroxylation sites is 1. The summed E-state index contributed by atoms with van der Waals surface area (Å²) in [6.07, 6.45) is 0.314. The van der Waals surface area contributed by atoms with Crippen molar-refractivity contribution in [3.63, 3.8) is 0 Å². The van der Waals surface area contributed by atoms with Crippen LogP contribution in [-0.2, 0) is 4.79 Å². The maximum Gasteiger partial charge on any atom is 0.310 e. The summed E-state index contributed by atoms with van der Waals surface area (Å²) in [6.45, 7) is 1.71. The largest absolute Gasteiger partial charge is 0.424 e. The molecular weight excluding hydrogens is 168 g/mol. The van der Waals surface area contributed by atoms with Crippen molar-refractivity contribution in [1.82, 2.24) is 0 Å². The van der Waals surface area contributed by atoms with Crippen LogP contribution in [-0.4, -0.2) is 5.97 Å². The van der Waals surface area contributed by atoms with E-state index in [4.69, 9.17) is 16.2 Å². The zero-order valence-electron chi connectivity index (χ0n) is 7.41. The minimum atomic E-state index is -0.322. The number of carbonyl (C=O) groups excluding carboxylic acids is 1. The number of esters is 1. The number of ether oxygens (including phenoxy) is 1. The van der Waals surface area contributed by atoms with Gasteiger partial charge in [-0.1, -0.05) is 13.0 Å². The van der Waals surface area contributed by atoms with Gasteiger partial charge in [-0.3, -0.25) is 4.79 Å². The molecule has 0 heterocycles. The molecular formula is C9H12N2O2. The topological polar surface area (TPSA) is 78.3 Å². The van der Waals surface area contributed by atoms with E-state index in [1.54, 1.807) is 25.1 Å². The molecule has 4 N–H and O–H groups in total. The number of rotatable bonds is 2. The van der Waals surface area contributed by atoms with Crippen LogP contribution >= 0.6 is 0 Å². The van der Waals surface area contributed by atoms with E-state index in [0.717, 1.165) is 0 Å². The van der Waals surface area contributed by atoms with E-state index < -0.39 is 0 Å². The summed E-state index contributed by atoms with van der Waals surface area (Å²) in [5, 5.41) is 0. The molecule has 0 saturated carbocycles. The number of hydrogen-bond donors (Lipinski definition) is 2. The first kappa shape index (κ1) is 9.38. The molecule has 0 saturated heterocycles. The van der Waals surface area contributed by atoms with E-state index in [1.165, 1.54) is 0 Å². The van der Waals surface area contributed by atoms with E-state index in [9.17, 15) is 4.79 Å². The Labute approximate surface area is 76.5 Å². The van der Waals surface area contributed by atoms with Crippen LogP contribution in [0.2, 0.25) is 0 Å². The molecule has 0 spiro atoms. The molecule has 1 aromatic carbocycles. The Bertz CT molecular complexity index is 323.